The Labute approximate surface area is 128 Å². The summed E-state index contributed by atoms with van der Waals surface area (Å²) in [4.78, 5) is 20.1. The molecular formula is C16H18N4O2. The Morgan fingerprint density at radius 3 is 3.09 bits per heavy atom. The molecule has 6 nitrogen and oxygen atoms in total. The van der Waals surface area contributed by atoms with Gasteiger partial charge < -0.3 is 15.8 Å². The van der Waals surface area contributed by atoms with Crippen molar-refractivity contribution in [3.05, 3.63) is 52.8 Å². The van der Waals surface area contributed by atoms with Gasteiger partial charge in [0.1, 0.15) is 6.10 Å². The van der Waals surface area contributed by atoms with E-state index in [2.05, 4.69) is 21.4 Å². The standard InChI is InChI=1S/C16H18N4O2/c1-10-13(8-19-16(17)20-10)15(21)18-9-14-12-5-3-2-4-11(12)6-7-22-14/h2-5,8,14H,6-7,9H2,1H3,(H,18,21)(H2,17,19,20). The number of benzene rings is 1. The first kappa shape index (κ1) is 14.5. The molecule has 1 aliphatic heterocycles. The molecule has 0 aliphatic carbocycles. The summed E-state index contributed by atoms with van der Waals surface area (Å²) in [7, 11) is 0. The Hall–Kier alpha value is -2.47. The number of rotatable bonds is 3. The third-order valence-corrected chi connectivity index (χ3v) is 3.78. The van der Waals surface area contributed by atoms with Crippen LogP contribution in [0.3, 0.4) is 0 Å². The lowest BCUT2D eigenvalue weighted by Crippen LogP contribution is -2.32. The molecule has 2 aromatic rings. The number of nitrogens with zero attached hydrogens (tertiary/aromatic N) is 2. The van der Waals surface area contributed by atoms with Crippen LogP contribution in [0.25, 0.3) is 0 Å². The topological polar surface area (TPSA) is 90.1 Å². The van der Waals surface area contributed by atoms with Crippen molar-refractivity contribution >= 4 is 11.9 Å². The molecule has 1 aromatic carbocycles. The molecule has 2 heterocycles. The van der Waals surface area contributed by atoms with E-state index in [1.165, 1.54) is 11.8 Å². The minimum absolute atomic E-state index is 0.121. The monoisotopic (exact) mass is 298 g/mol. The summed E-state index contributed by atoms with van der Waals surface area (Å²) < 4.78 is 5.77. The molecular weight excluding hydrogens is 280 g/mol. The Kier molecular flexibility index (Phi) is 4.02. The molecule has 6 heteroatoms. The minimum atomic E-state index is -0.218. The van der Waals surface area contributed by atoms with Crippen molar-refractivity contribution in [2.24, 2.45) is 0 Å². The third kappa shape index (κ3) is 2.92. The van der Waals surface area contributed by atoms with Gasteiger partial charge in [0.25, 0.3) is 5.91 Å². The van der Waals surface area contributed by atoms with Gasteiger partial charge in [-0.3, -0.25) is 4.79 Å². The van der Waals surface area contributed by atoms with Gasteiger partial charge >= 0.3 is 0 Å². The highest BCUT2D eigenvalue weighted by Crippen LogP contribution is 2.26. The normalized spacial score (nSPS) is 16.9. The smallest absolute Gasteiger partial charge is 0.254 e. The van der Waals surface area contributed by atoms with Crippen LogP contribution in [-0.4, -0.2) is 29.0 Å². The molecule has 1 aromatic heterocycles. The number of ether oxygens (including phenoxy) is 1. The number of aryl methyl sites for hydroxylation is 1. The lowest BCUT2D eigenvalue weighted by atomic mass is 9.97. The van der Waals surface area contributed by atoms with Crippen LogP contribution in [0.15, 0.2) is 30.5 Å². The fourth-order valence-electron chi connectivity index (χ4n) is 2.63. The molecule has 1 unspecified atom stereocenters. The molecule has 0 radical (unpaired) electrons. The molecule has 0 saturated carbocycles. The van der Waals surface area contributed by atoms with E-state index >= 15 is 0 Å². The van der Waals surface area contributed by atoms with Gasteiger partial charge in [0, 0.05) is 12.7 Å². The molecule has 3 N–H and O–H groups in total. The van der Waals surface area contributed by atoms with E-state index in [1.54, 1.807) is 6.92 Å². The predicted molar refractivity (Wildman–Crippen MR) is 82.4 cm³/mol. The Balaban J connectivity index is 1.69. The molecule has 0 saturated heterocycles. The van der Waals surface area contributed by atoms with E-state index in [4.69, 9.17) is 10.5 Å². The molecule has 0 fully saturated rings. The predicted octanol–water partition coefficient (Wildman–Crippen LogP) is 1.41. The summed E-state index contributed by atoms with van der Waals surface area (Å²) in [6, 6.07) is 8.16. The summed E-state index contributed by atoms with van der Waals surface area (Å²) in [6.45, 7) is 2.82. The van der Waals surface area contributed by atoms with Crippen LogP contribution in [0.2, 0.25) is 0 Å². The molecule has 1 atom stereocenters. The first-order valence-corrected chi connectivity index (χ1v) is 7.22. The quantitative estimate of drug-likeness (QED) is 0.894. The number of carbonyl (C=O) groups excluding carboxylic acids is 1. The van der Waals surface area contributed by atoms with Crippen LogP contribution in [0.1, 0.15) is 33.3 Å². The number of hydrogen-bond acceptors (Lipinski definition) is 5. The van der Waals surface area contributed by atoms with E-state index in [0.29, 0.717) is 24.4 Å². The van der Waals surface area contributed by atoms with Gasteiger partial charge in [0.15, 0.2) is 0 Å². The van der Waals surface area contributed by atoms with Crippen molar-refractivity contribution in [3.8, 4) is 0 Å². The van der Waals surface area contributed by atoms with Crippen molar-refractivity contribution in [2.75, 3.05) is 18.9 Å². The largest absolute Gasteiger partial charge is 0.371 e. The first-order chi connectivity index (χ1) is 10.6. The van der Waals surface area contributed by atoms with Crippen LogP contribution in [-0.2, 0) is 11.2 Å². The molecule has 3 rings (SSSR count). The van der Waals surface area contributed by atoms with Crippen LogP contribution in [0.5, 0.6) is 0 Å². The van der Waals surface area contributed by atoms with Crippen LogP contribution < -0.4 is 11.1 Å². The number of fused-ring (bicyclic) bond motifs is 1. The zero-order valence-electron chi connectivity index (χ0n) is 12.4. The molecule has 0 bridgehead atoms. The third-order valence-electron chi connectivity index (χ3n) is 3.78. The van der Waals surface area contributed by atoms with Gasteiger partial charge in [-0.2, -0.15) is 0 Å². The van der Waals surface area contributed by atoms with E-state index in [-0.39, 0.29) is 18.0 Å². The number of aromatic nitrogens is 2. The minimum Gasteiger partial charge on any atom is -0.371 e. The van der Waals surface area contributed by atoms with Crippen LogP contribution in [0, 0.1) is 6.92 Å². The van der Waals surface area contributed by atoms with E-state index in [9.17, 15) is 4.79 Å². The van der Waals surface area contributed by atoms with Crippen molar-refractivity contribution in [1.82, 2.24) is 15.3 Å². The molecule has 0 spiro atoms. The number of carbonyl (C=O) groups is 1. The van der Waals surface area contributed by atoms with E-state index < -0.39 is 0 Å². The number of anilines is 1. The van der Waals surface area contributed by atoms with Gasteiger partial charge in [-0.05, 0) is 24.5 Å². The van der Waals surface area contributed by atoms with Gasteiger partial charge in [-0.1, -0.05) is 24.3 Å². The maximum Gasteiger partial charge on any atom is 0.254 e. The van der Waals surface area contributed by atoms with Gasteiger partial charge in [-0.25, -0.2) is 9.97 Å². The summed E-state index contributed by atoms with van der Waals surface area (Å²) in [6.07, 6.45) is 2.23. The maximum atomic E-state index is 12.2. The Bertz CT molecular complexity index is 702. The molecule has 114 valence electrons. The van der Waals surface area contributed by atoms with Crippen molar-refractivity contribution in [1.29, 1.82) is 0 Å². The highest BCUT2D eigenvalue weighted by atomic mass is 16.5. The molecule has 1 amide bonds. The Morgan fingerprint density at radius 1 is 1.45 bits per heavy atom. The number of amides is 1. The summed E-state index contributed by atoms with van der Waals surface area (Å²) in [5.41, 5.74) is 8.91. The zero-order chi connectivity index (χ0) is 15.5. The van der Waals surface area contributed by atoms with E-state index in [0.717, 1.165) is 12.0 Å². The van der Waals surface area contributed by atoms with Gasteiger partial charge in [0.05, 0.1) is 17.9 Å². The van der Waals surface area contributed by atoms with E-state index in [1.807, 2.05) is 18.2 Å². The van der Waals surface area contributed by atoms with Crippen LogP contribution >= 0.6 is 0 Å². The SMILES string of the molecule is Cc1nc(N)ncc1C(=O)NCC1OCCc2ccccc21. The number of nitrogens with one attached hydrogen (secondary N) is 1. The lowest BCUT2D eigenvalue weighted by Gasteiger charge is -2.26. The second-order valence-electron chi connectivity index (χ2n) is 5.25. The number of nitrogen functional groups attached to an aromatic ring is 1. The van der Waals surface area contributed by atoms with Gasteiger partial charge in [-0.15, -0.1) is 0 Å². The number of nitrogens with two attached hydrogens (primary N) is 1. The van der Waals surface area contributed by atoms with Crippen LogP contribution in [0.4, 0.5) is 5.95 Å². The molecule has 22 heavy (non-hydrogen) atoms. The lowest BCUT2D eigenvalue weighted by molar-refractivity contribution is 0.0411. The first-order valence-electron chi connectivity index (χ1n) is 7.22. The summed E-state index contributed by atoms with van der Waals surface area (Å²) in [5, 5.41) is 2.89. The summed E-state index contributed by atoms with van der Waals surface area (Å²) >= 11 is 0. The highest BCUT2D eigenvalue weighted by molar-refractivity contribution is 5.95. The Morgan fingerprint density at radius 2 is 2.27 bits per heavy atom. The number of hydrogen-bond donors (Lipinski definition) is 2. The van der Waals surface area contributed by atoms with Crippen molar-refractivity contribution in [3.63, 3.8) is 0 Å². The average Bonchev–Trinajstić information content (AvgIpc) is 2.52. The summed E-state index contributed by atoms with van der Waals surface area (Å²) in [5.74, 6) is -0.0530. The molecule has 1 aliphatic rings. The fourth-order valence-corrected chi connectivity index (χ4v) is 2.63. The zero-order valence-corrected chi connectivity index (χ0v) is 12.4. The van der Waals surface area contributed by atoms with Gasteiger partial charge in [0.2, 0.25) is 5.95 Å². The fraction of sp³-hybridized carbons (Fsp3) is 0.312. The maximum absolute atomic E-state index is 12.2. The van der Waals surface area contributed by atoms with Crippen molar-refractivity contribution < 1.29 is 9.53 Å². The van der Waals surface area contributed by atoms with Crippen molar-refractivity contribution in [2.45, 2.75) is 19.4 Å². The highest BCUT2D eigenvalue weighted by Gasteiger charge is 2.21. The second-order valence-corrected chi connectivity index (χ2v) is 5.25. The average molecular weight is 298 g/mol. The second kappa shape index (κ2) is 6.11.